The van der Waals surface area contributed by atoms with Crippen molar-refractivity contribution in [3.63, 3.8) is 0 Å². The first-order chi connectivity index (χ1) is 13.7. The number of rotatable bonds is 5. The van der Waals surface area contributed by atoms with Crippen molar-refractivity contribution in [3.8, 4) is 0 Å². The van der Waals surface area contributed by atoms with Crippen LogP contribution in [-0.2, 0) is 14.8 Å². The fourth-order valence-corrected chi connectivity index (χ4v) is 4.86. The lowest BCUT2D eigenvalue weighted by Gasteiger charge is -2.29. The lowest BCUT2D eigenvalue weighted by Crippen LogP contribution is -2.42. The number of nitrogens with one attached hydrogen (secondary N) is 1. The van der Waals surface area contributed by atoms with Gasteiger partial charge in [-0.05, 0) is 43.2 Å². The van der Waals surface area contributed by atoms with Gasteiger partial charge in [0.1, 0.15) is 10.7 Å². The molecule has 2 amide bonds. The van der Waals surface area contributed by atoms with Crippen LogP contribution in [0.5, 0.6) is 0 Å². The van der Waals surface area contributed by atoms with E-state index >= 15 is 0 Å². The Bertz CT molecular complexity index is 1050. The minimum absolute atomic E-state index is 0.0306. The molecule has 2 aromatic rings. The van der Waals surface area contributed by atoms with Crippen molar-refractivity contribution >= 4 is 39.1 Å². The molecule has 0 aliphatic carbocycles. The van der Waals surface area contributed by atoms with E-state index in [0.717, 1.165) is 16.4 Å². The first kappa shape index (κ1) is 21.2. The highest BCUT2D eigenvalue weighted by Crippen LogP contribution is 2.27. The van der Waals surface area contributed by atoms with E-state index < -0.39 is 38.5 Å². The summed E-state index contributed by atoms with van der Waals surface area (Å²) in [5, 5.41) is 2.88. The molecule has 0 saturated carbocycles. The number of carbonyl (C=O) groups is 2. The van der Waals surface area contributed by atoms with Crippen LogP contribution < -0.4 is 11.1 Å². The molecule has 1 fully saturated rings. The van der Waals surface area contributed by atoms with Gasteiger partial charge >= 0.3 is 0 Å². The van der Waals surface area contributed by atoms with Crippen molar-refractivity contribution < 1.29 is 22.4 Å². The third-order valence-corrected chi connectivity index (χ3v) is 7.03. The number of hydrogen-bond donors (Lipinski definition) is 2. The van der Waals surface area contributed by atoms with Gasteiger partial charge in [0, 0.05) is 24.6 Å². The van der Waals surface area contributed by atoms with E-state index in [-0.39, 0.29) is 31.5 Å². The second-order valence-corrected chi connectivity index (χ2v) is 8.97. The van der Waals surface area contributed by atoms with Crippen molar-refractivity contribution in [2.24, 2.45) is 11.7 Å². The summed E-state index contributed by atoms with van der Waals surface area (Å²) in [4.78, 5) is 23.2. The van der Waals surface area contributed by atoms with Crippen molar-refractivity contribution in [2.75, 3.05) is 18.4 Å². The minimum atomic E-state index is -4.18. The monoisotopic (exact) mass is 439 g/mol. The minimum Gasteiger partial charge on any atom is -0.369 e. The molecule has 0 radical (unpaired) electrons. The number of amides is 2. The molecule has 3 N–H and O–H groups in total. The first-order valence-corrected chi connectivity index (χ1v) is 10.7. The van der Waals surface area contributed by atoms with Gasteiger partial charge in [-0.3, -0.25) is 9.59 Å². The Morgan fingerprint density at radius 2 is 1.79 bits per heavy atom. The number of halogens is 2. The average molecular weight is 440 g/mol. The lowest BCUT2D eigenvalue weighted by molar-refractivity contribution is -0.122. The number of benzene rings is 2. The van der Waals surface area contributed by atoms with Crippen molar-refractivity contribution in [3.05, 3.63) is 58.9 Å². The zero-order chi connectivity index (χ0) is 21.2. The summed E-state index contributed by atoms with van der Waals surface area (Å²) < 4.78 is 41.2. The van der Waals surface area contributed by atoms with Gasteiger partial charge in [0.15, 0.2) is 0 Å². The number of hydrogen-bond acceptors (Lipinski definition) is 4. The molecule has 1 heterocycles. The first-order valence-electron chi connectivity index (χ1n) is 8.85. The predicted octanol–water partition coefficient (Wildman–Crippen LogP) is 2.62. The summed E-state index contributed by atoms with van der Waals surface area (Å²) >= 11 is 6.01. The Kier molecular flexibility index (Phi) is 6.21. The second kappa shape index (κ2) is 8.48. The van der Waals surface area contributed by atoms with E-state index in [1.54, 1.807) is 24.3 Å². The molecule has 0 spiro atoms. The Balaban J connectivity index is 1.84. The van der Waals surface area contributed by atoms with Crippen LogP contribution in [0.2, 0.25) is 5.02 Å². The van der Waals surface area contributed by atoms with Crippen molar-refractivity contribution in [1.29, 1.82) is 0 Å². The van der Waals surface area contributed by atoms with E-state index in [2.05, 4.69) is 5.32 Å². The maximum absolute atomic E-state index is 14.3. The summed E-state index contributed by atoms with van der Waals surface area (Å²) in [5.41, 5.74) is 5.58. The maximum Gasteiger partial charge on any atom is 0.255 e. The number of primary amides is 1. The van der Waals surface area contributed by atoms with Gasteiger partial charge in [0.05, 0.1) is 10.7 Å². The highest BCUT2D eigenvalue weighted by atomic mass is 35.5. The number of piperidine rings is 1. The zero-order valence-corrected chi connectivity index (χ0v) is 16.8. The SMILES string of the molecule is NC(=O)C1CCN(S(=O)(=O)c2cc(C(=O)Nc3ccccc3Cl)ccc2F)CC1. The normalized spacial score (nSPS) is 15.8. The summed E-state index contributed by atoms with van der Waals surface area (Å²) in [6.07, 6.45) is 0.533. The predicted molar refractivity (Wildman–Crippen MR) is 106 cm³/mol. The maximum atomic E-state index is 14.3. The fourth-order valence-electron chi connectivity index (χ4n) is 3.12. The summed E-state index contributed by atoms with van der Waals surface area (Å²) in [6.45, 7) is 0.0941. The van der Waals surface area contributed by atoms with E-state index in [9.17, 15) is 22.4 Å². The van der Waals surface area contributed by atoms with E-state index in [1.807, 2.05) is 0 Å². The van der Waals surface area contributed by atoms with Gasteiger partial charge in [-0.25, -0.2) is 12.8 Å². The van der Waals surface area contributed by atoms with Gasteiger partial charge < -0.3 is 11.1 Å². The second-order valence-electron chi connectivity index (χ2n) is 6.66. The highest BCUT2D eigenvalue weighted by molar-refractivity contribution is 7.89. The quantitative estimate of drug-likeness (QED) is 0.746. The number of anilines is 1. The van der Waals surface area contributed by atoms with Crippen LogP contribution in [0.25, 0.3) is 0 Å². The summed E-state index contributed by atoms with van der Waals surface area (Å²) in [5.74, 6) is -2.47. The molecule has 1 aliphatic rings. The largest absolute Gasteiger partial charge is 0.369 e. The molecule has 0 unspecified atom stereocenters. The summed E-state index contributed by atoms with van der Waals surface area (Å²) in [7, 11) is -4.18. The van der Waals surface area contributed by atoms with Crippen LogP contribution in [0, 0.1) is 11.7 Å². The molecule has 1 aliphatic heterocycles. The standard InChI is InChI=1S/C19H19ClFN3O4S/c20-14-3-1-2-4-16(14)23-19(26)13-5-6-15(21)17(11-13)29(27,28)24-9-7-12(8-10-24)18(22)25/h1-6,11-12H,7-10H2,(H2,22,25)(H,23,26). The van der Waals surface area contributed by atoms with Crippen LogP contribution in [0.3, 0.4) is 0 Å². The van der Waals surface area contributed by atoms with E-state index in [1.165, 1.54) is 6.07 Å². The Morgan fingerprint density at radius 1 is 1.14 bits per heavy atom. The molecule has 10 heteroatoms. The lowest BCUT2D eigenvalue weighted by atomic mass is 9.98. The molecule has 0 atom stereocenters. The van der Waals surface area contributed by atoms with Crippen LogP contribution in [0.4, 0.5) is 10.1 Å². The average Bonchev–Trinajstić information content (AvgIpc) is 2.70. The Labute approximate surface area is 172 Å². The van der Waals surface area contributed by atoms with Crippen LogP contribution in [0.15, 0.2) is 47.4 Å². The molecule has 0 bridgehead atoms. The third kappa shape index (κ3) is 4.58. The van der Waals surface area contributed by atoms with Gasteiger partial charge in [-0.2, -0.15) is 4.31 Å². The van der Waals surface area contributed by atoms with Crippen molar-refractivity contribution in [1.82, 2.24) is 4.31 Å². The highest BCUT2D eigenvalue weighted by Gasteiger charge is 2.33. The molecule has 1 saturated heterocycles. The molecule has 154 valence electrons. The van der Waals surface area contributed by atoms with Crippen LogP contribution in [-0.4, -0.2) is 37.6 Å². The molecule has 7 nitrogen and oxygen atoms in total. The number of nitrogens with two attached hydrogens (primary N) is 1. The number of para-hydroxylation sites is 1. The third-order valence-electron chi connectivity index (χ3n) is 4.79. The molecule has 3 rings (SSSR count). The Morgan fingerprint density at radius 3 is 2.41 bits per heavy atom. The van der Waals surface area contributed by atoms with E-state index in [4.69, 9.17) is 17.3 Å². The van der Waals surface area contributed by atoms with Gasteiger partial charge in [-0.1, -0.05) is 23.7 Å². The van der Waals surface area contributed by atoms with Gasteiger partial charge in [-0.15, -0.1) is 0 Å². The van der Waals surface area contributed by atoms with Crippen molar-refractivity contribution in [2.45, 2.75) is 17.7 Å². The van der Waals surface area contributed by atoms with Gasteiger partial charge in [0.2, 0.25) is 15.9 Å². The van der Waals surface area contributed by atoms with Crippen LogP contribution in [0.1, 0.15) is 23.2 Å². The Hall–Kier alpha value is -2.49. The molecular formula is C19H19ClFN3O4S. The smallest absolute Gasteiger partial charge is 0.255 e. The zero-order valence-electron chi connectivity index (χ0n) is 15.3. The molecular weight excluding hydrogens is 421 g/mol. The van der Waals surface area contributed by atoms with E-state index in [0.29, 0.717) is 10.7 Å². The summed E-state index contributed by atoms with van der Waals surface area (Å²) in [6, 6.07) is 9.68. The molecule has 0 aromatic heterocycles. The molecule has 29 heavy (non-hydrogen) atoms. The number of sulfonamides is 1. The molecule has 2 aromatic carbocycles. The van der Waals surface area contributed by atoms with Gasteiger partial charge in [0.25, 0.3) is 5.91 Å². The van der Waals surface area contributed by atoms with Crippen LogP contribution >= 0.6 is 11.6 Å². The fraction of sp³-hybridized carbons (Fsp3) is 0.263. The number of nitrogens with zero attached hydrogens (tertiary/aromatic N) is 1. The topological polar surface area (TPSA) is 110 Å². The number of carbonyl (C=O) groups excluding carboxylic acids is 2.